The third-order valence-electron chi connectivity index (χ3n) is 4.99. The number of imidazole rings is 1. The molecule has 1 aromatic heterocycles. The first-order valence-electron chi connectivity index (χ1n) is 10.2. The molecule has 3 rings (SSSR count). The number of carbonyl (C=O) groups is 1. The zero-order chi connectivity index (χ0) is 21.8. The summed E-state index contributed by atoms with van der Waals surface area (Å²) in [6, 6.07) is 7.24. The third kappa shape index (κ3) is 4.83. The molecule has 0 fully saturated rings. The van der Waals surface area contributed by atoms with Gasteiger partial charge in [0.25, 0.3) is 5.91 Å². The van der Waals surface area contributed by atoms with E-state index in [2.05, 4.69) is 4.98 Å². The lowest BCUT2D eigenvalue weighted by molar-refractivity contribution is 0.0724. The minimum absolute atomic E-state index is 0.123. The molecule has 0 atom stereocenters. The van der Waals surface area contributed by atoms with Crippen molar-refractivity contribution in [3.8, 4) is 0 Å². The predicted octanol–water partition coefficient (Wildman–Crippen LogP) is 5.55. The molecule has 0 radical (unpaired) electrons. The fourth-order valence-corrected chi connectivity index (χ4v) is 3.41. The van der Waals surface area contributed by atoms with Crippen molar-refractivity contribution >= 4 is 16.9 Å². The summed E-state index contributed by atoms with van der Waals surface area (Å²) in [5.41, 5.74) is 0.982. The highest BCUT2D eigenvalue weighted by Gasteiger charge is 2.23. The normalized spacial score (nSPS) is 11.4. The van der Waals surface area contributed by atoms with Gasteiger partial charge < -0.3 is 9.47 Å². The van der Waals surface area contributed by atoms with Gasteiger partial charge in [-0.15, -0.1) is 0 Å². The number of fused-ring (bicyclic) bond motifs is 1. The van der Waals surface area contributed by atoms with E-state index in [1.54, 1.807) is 6.07 Å². The number of benzene rings is 2. The summed E-state index contributed by atoms with van der Waals surface area (Å²) in [5, 5.41) is 0. The molecule has 1 amide bonds. The van der Waals surface area contributed by atoms with Crippen molar-refractivity contribution in [1.82, 2.24) is 14.5 Å². The maximum Gasteiger partial charge on any atom is 0.257 e. The van der Waals surface area contributed by atoms with Gasteiger partial charge in [0.2, 0.25) is 0 Å². The summed E-state index contributed by atoms with van der Waals surface area (Å²) in [5.74, 6) is -1.47. The molecule has 1 heterocycles. The van der Waals surface area contributed by atoms with Gasteiger partial charge in [-0.3, -0.25) is 4.79 Å². The molecule has 0 saturated carbocycles. The van der Waals surface area contributed by atoms with Crippen molar-refractivity contribution in [2.24, 2.45) is 5.92 Å². The van der Waals surface area contributed by atoms with E-state index < -0.39 is 17.5 Å². The molecule has 160 valence electrons. The van der Waals surface area contributed by atoms with Crippen LogP contribution in [0.3, 0.4) is 0 Å². The summed E-state index contributed by atoms with van der Waals surface area (Å²) in [6.07, 6.45) is 1.50. The maximum absolute atomic E-state index is 14.3. The molecule has 0 spiro atoms. The Hall–Kier alpha value is -2.83. The van der Waals surface area contributed by atoms with Crippen LogP contribution >= 0.6 is 0 Å². The average Bonchev–Trinajstić information content (AvgIpc) is 3.03. The van der Waals surface area contributed by atoms with E-state index in [0.29, 0.717) is 42.3 Å². The molecule has 0 unspecified atom stereocenters. The molecule has 0 N–H and O–H groups in total. The Kier molecular flexibility index (Phi) is 6.80. The first kappa shape index (κ1) is 21.9. The van der Waals surface area contributed by atoms with E-state index in [1.165, 1.54) is 17.0 Å². The number of carbonyl (C=O) groups excluding carboxylic acids is 1. The van der Waals surface area contributed by atoms with Crippen molar-refractivity contribution in [2.45, 2.75) is 46.7 Å². The molecule has 0 aliphatic rings. The minimum Gasteiger partial charge on any atom is -0.331 e. The van der Waals surface area contributed by atoms with Crippen LogP contribution in [0.2, 0.25) is 0 Å². The maximum atomic E-state index is 14.3. The van der Waals surface area contributed by atoms with Gasteiger partial charge in [-0.2, -0.15) is 0 Å². The lowest BCUT2D eigenvalue weighted by atomic mass is 10.1. The summed E-state index contributed by atoms with van der Waals surface area (Å²) in [7, 11) is 0. The Labute approximate surface area is 174 Å². The van der Waals surface area contributed by atoms with Gasteiger partial charge in [-0.25, -0.2) is 18.2 Å². The summed E-state index contributed by atoms with van der Waals surface area (Å²) in [6.45, 7) is 7.16. The van der Waals surface area contributed by atoms with Gasteiger partial charge in [0.1, 0.15) is 23.3 Å². The van der Waals surface area contributed by atoms with Crippen molar-refractivity contribution in [1.29, 1.82) is 0 Å². The van der Waals surface area contributed by atoms with Crippen LogP contribution in [0.5, 0.6) is 0 Å². The molecule has 0 aliphatic carbocycles. The molecule has 3 aromatic rings. The Morgan fingerprint density at radius 1 is 1.10 bits per heavy atom. The standard InChI is InChI=1S/C23H26F3N3O/c1-4-10-29-21-13-17(25)6-8-20(21)27-22(29)14-28(11-9-15(2)3)23(30)18-12-16(24)5-7-19(18)26/h5-8,12-13,15H,4,9-11,14H2,1-3H3. The lowest BCUT2D eigenvalue weighted by Crippen LogP contribution is -2.34. The number of hydrogen-bond acceptors (Lipinski definition) is 2. The zero-order valence-electron chi connectivity index (χ0n) is 17.5. The van der Waals surface area contributed by atoms with Gasteiger partial charge in [-0.1, -0.05) is 20.8 Å². The first-order valence-corrected chi connectivity index (χ1v) is 10.2. The van der Waals surface area contributed by atoms with Crippen LogP contribution in [-0.4, -0.2) is 26.9 Å². The highest BCUT2D eigenvalue weighted by molar-refractivity contribution is 5.94. The highest BCUT2D eigenvalue weighted by Crippen LogP contribution is 2.21. The Morgan fingerprint density at radius 3 is 2.50 bits per heavy atom. The van der Waals surface area contributed by atoms with Gasteiger partial charge in [-0.05, 0) is 55.2 Å². The van der Waals surface area contributed by atoms with E-state index in [4.69, 9.17) is 0 Å². The molecule has 0 bridgehead atoms. The number of aromatic nitrogens is 2. The van der Waals surface area contributed by atoms with Gasteiger partial charge in [0.15, 0.2) is 0 Å². The molecular formula is C23H26F3N3O. The fraction of sp³-hybridized carbons (Fsp3) is 0.391. The number of nitrogens with zero attached hydrogens (tertiary/aromatic N) is 3. The largest absolute Gasteiger partial charge is 0.331 e. The van der Waals surface area contributed by atoms with Crippen LogP contribution in [0, 0.1) is 23.4 Å². The first-order chi connectivity index (χ1) is 14.3. The minimum atomic E-state index is -0.764. The fourth-order valence-electron chi connectivity index (χ4n) is 3.41. The summed E-state index contributed by atoms with van der Waals surface area (Å²) < 4.78 is 43.6. The second-order valence-electron chi connectivity index (χ2n) is 7.85. The van der Waals surface area contributed by atoms with Crippen LogP contribution in [0.1, 0.15) is 49.8 Å². The molecule has 2 aromatic carbocycles. The van der Waals surface area contributed by atoms with Crippen LogP contribution in [0.25, 0.3) is 11.0 Å². The van der Waals surface area contributed by atoms with Gasteiger partial charge in [0.05, 0.1) is 23.1 Å². The predicted molar refractivity (Wildman–Crippen MR) is 111 cm³/mol. The van der Waals surface area contributed by atoms with Crippen molar-refractivity contribution in [3.05, 3.63) is 65.2 Å². The molecule has 7 heteroatoms. The topological polar surface area (TPSA) is 38.1 Å². The van der Waals surface area contributed by atoms with E-state index >= 15 is 0 Å². The number of amides is 1. The second-order valence-corrected chi connectivity index (χ2v) is 7.85. The smallest absolute Gasteiger partial charge is 0.257 e. The Balaban J connectivity index is 2.00. The van der Waals surface area contributed by atoms with E-state index in [0.717, 1.165) is 24.6 Å². The van der Waals surface area contributed by atoms with Crippen molar-refractivity contribution in [2.75, 3.05) is 6.54 Å². The van der Waals surface area contributed by atoms with Crippen molar-refractivity contribution < 1.29 is 18.0 Å². The molecule has 0 saturated heterocycles. The zero-order valence-corrected chi connectivity index (χ0v) is 17.5. The second kappa shape index (κ2) is 9.32. The van der Waals surface area contributed by atoms with Crippen LogP contribution in [0.15, 0.2) is 36.4 Å². The number of hydrogen-bond donors (Lipinski definition) is 0. The number of aryl methyl sites for hydroxylation is 1. The molecule has 30 heavy (non-hydrogen) atoms. The third-order valence-corrected chi connectivity index (χ3v) is 4.99. The van der Waals surface area contributed by atoms with E-state index in [1.807, 2.05) is 25.3 Å². The van der Waals surface area contributed by atoms with E-state index in [9.17, 15) is 18.0 Å². The van der Waals surface area contributed by atoms with Gasteiger partial charge >= 0.3 is 0 Å². The summed E-state index contributed by atoms with van der Waals surface area (Å²) in [4.78, 5) is 19.2. The van der Waals surface area contributed by atoms with Crippen LogP contribution in [-0.2, 0) is 13.1 Å². The van der Waals surface area contributed by atoms with Crippen molar-refractivity contribution in [3.63, 3.8) is 0 Å². The number of halogens is 3. The Bertz CT molecular complexity index is 1050. The highest BCUT2D eigenvalue weighted by atomic mass is 19.1. The van der Waals surface area contributed by atoms with E-state index in [-0.39, 0.29) is 17.9 Å². The molecular weight excluding hydrogens is 391 g/mol. The van der Waals surface area contributed by atoms with Crippen LogP contribution < -0.4 is 0 Å². The van der Waals surface area contributed by atoms with Gasteiger partial charge in [0, 0.05) is 13.1 Å². The molecule has 4 nitrogen and oxygen atoms in total. The monoisotopic (exact) mass is 417 g/mol. The SMILES string of the molecule is CCCn1c(CN(CCC(C)C)C(=O)c2cc(F)ccc2F)nc2ccc(F)cc21. The summed E-state index contributed by atoms with van der Waals surface area (Å²) >= 11 is 0. The lowest BCUT2D eigenvalue weighted by Gasteiger charge is -2.24. The number of rotatable bonds is 8. The quantitative estimate of drug-likeness (QED) is 0.482. The average molecular weight is 417 g/mol. The molecule has 0 aliphatic heterocycles. The Morgan fingerprint density at radius 2 is 1.80 bits per heavy atom. The van der Waals surface area contributed by atoms with Crippen LogP contribution in [0.4, 0.5) is 13.2 Å².